The number of benzene rings is 1. The monoisotopic (exact) mass is 265 g/mol. The second-order valence-electron chi connectivity index (χ2n) is 5.07. The number of nitrogens with zero attached hydrogens (tertiary/aromatic N) is 1. The number of nitro benzene ring substituents is 1. The highest BCUT2D eigenvalue weighted by molar-refractivity contribution is 6.81. The molecule has 0 unspecified atom stereocenters. The molecule has 0 spiro atoms. The van der Waals surface area contributed by atoms with Gasteiger partial charge < -0.3 is 5.11 Å². The Bertz CT molecular complexity index is 485. The zero-order valence-electron chi connectivity index (χ0n) is 10.5. The summed E-state index contributed by atoms with van der Waals surface area (Å²) in [4.78, 5) is 21.0. The van der Waals surface area contributed by atoms with Crippen LogP contribution in [0.5, 0.6) is 0 Å². The summed E-state index contributed by atoms with van der Waals surface area (Å²) in [5.74, 6) is -1.17. The van der Waals surface area contributed by atoms with E-state index >= 15 is 0 Å². The third-order valence-electron chi connectivity index (χ3n) is 2.17. The van der Waals surface area contributed by atoms with E-state index in [0.29, 0.717) is 5.56 Å². The number of carbonyl (C=O) groups is 1. The average molecular weight is 265 g/mol. The summed E-state index contributed by atoms with van der Waals surface area (Å²) in [5.41, 5.74) is 2.28. The first kappa shape index (κ1) is 14.1. The Kier molecular flexibility index (Phi) is 4.02. The summed E-state index contributed by atoms with van der Waals surface area (Å²) in [6.45, 7) is 6.37. The van der Waals surface area contributed by atoms with Gasteiger partial charge in [-0.1, -0.05) is 31.4 Å². The van der Waals surface area contributed by atoms with Crippen LogP contribution in [0.15, 0.2) is 23.9 Å². The Labute approximate surface area is 106 Å². The molecule has 1 N–H and O–H groups in total. The van der Waals surface area contributed by atoms with Crippen LogP contribution in [0.4, 0.5) is 5.69 Å². The maximum atomic E-state index is 10.9. The molecule has 0 aromatic heterocycles. The van der Waals surface area contributed by atoms with Crippen LogP contribution in [0.1, 0.15) is 15.9 Å². The molecule has 0 fully saturated rings. The molecule has 18 heavy (non-hydrogen) atoms. The van der Waals surface area contributed by atoms with Gasteiger partial charge in [0.25, 0.3) is 5.69 Å². The first-order valence-corrected chi connectivity index (χ1v) is 8.99. The minimum atomic E-state index is -1.43. The lowest BCUT2D eigenvalue weighted by molar-refractivity contribution is -0.384. The molecule has 0 aliphatic heterocycles. The summed E-state index contributed by atoms with van der Waals surface area (Å²) in [6.07, 6.45) is 1.76. The number of aromatic carboxylic acids is 1. The Morgan fingerprint density at radius 3 is 2.39 bits per heavy atom. The van der Waals surface area contributed by atoms with Crippen molar-refractivity contribution in [2.45, 2.75) is 19.6 Å². The van der Waals surface area contributed by atoms with E-state index in [0.717, 1.165) is 6.07 Å². The van der Waals surface area contributed by atoms with Crippen LogP contribution >= 0.6 is 0 Å². The fourth-order valence-corrected chi connectivity index (χ4v) is 2.00. The van der Waals surface area contributed by atoms with E-state index in [4.69, 9.17) is 5.11 Å². The second-order valence-corrected chi connectivity index (χ2v) is 10.1. The van der Waals surface area contributed by atoms with Gasteiger partial charge in [0.15, 0.2) is 0 Å². The lowest BCUT2D eigenvalue weighted by Gasteiger charge is -2.08. The Morgan fingerprint density at radius 2 is 1.94 bits per heavy atom. The van der Waals surface area contributed by atoms with Crippen molar-refractivity contribution in [1.82, 2.24) is 0 Å². The minimum absolute atomic E-state index is 0.0700. The molecule has 6 heteroatoms. The minimum Gasteiger partial charge on any atom is -0.478 e. The summed E-state index contributed by atoms with van der Waals surface area (Å²) in [6, 6.07) is 3.88. The molecular formula is C12H15NO4Si. The highest BCUT2D eigenvalue weighted by Gasteiger charge is 2.13. The Hall–Kier alpha value is -1.95. The van der Waals surface area contributed by atoms with Gasteiger partial charge in [-0.2, -0.15) is 0 Å². The quantitative estimate of drug-likeness (QED) is 0.515. The molecule has 1 aromatic rings. The zero-order valence-corrected chi connectivity index (χ0v) is 11.5. The van der Waals surface area contributed by atoms with E-state index in [9.17, 15) is 14.9 Å². The van der Waals surface area contributed by atoms with Gasteiger partial charge in [0.05, 0.1) is 18.6 Å². The smallest absolute Gasteiger partial charge is 0.335 e. The van der Waals surface area contributed by atoms with Crippen molar-refractivity contribution in [3.8, 4) is 0 Å². The van der Waals surface area contributed by atoms with Gasteiger partial charge in [-0.3, -0.25) is 10.1 Å². The second kappa shape index (κ2) is 5.13. The van der Waals surface area contributed by atoms with E-state index in [1.165, 1.54) is 12.1 Å². The molecule has 0 amide bonds. The van der Waals surface area contributed by atoms with Crippen molar-refractivity contribution in [2.75, 3.05) is 0 Å². The highest BCUT2D eigenvalue weighted by Crippen LogP contribution is 2.19. The van der Waals surface area contributed by atoms with E-state index in [2.05, 4.69) is 19.6 Å². The molecule has 0 saturated heterocycles. The number of nitro groups is 1. The van der Waals surface area contributed by atoms with Crippen LogP contribution in [0.2, 0.25) is 19.6 Å². The molecule has 5 nitrogen and oxygen atoms in total. The Morgan fingerprint density at radius 1 is 1.33 bits per heavy atom. The lowest BCUT2D eigenvalue weighted by Crippen LogP contribution is -2.15. The number of carboxylic acid groups (broad SMARTS) is 1. The summed E-state index contributed by atoms with van der Waals surface area (Å²) in [5, 5.41) is 19.6. The summed E-state index contributed by atoms with van der Waals surface area (Å²) < 4.78 is 0. The van der Waals surface area contributed by atoms with Crippen LogP contribution in [0, 0.1) is 10.1 Å². The number of rotatable bonds is 4. The maximum Gasteiger partial charge on any atom is 0.335 e. The molecule has 1 aromatic carbocycles. The fraction of sp³-hybridized carbons (Fsp3) is 0.250. The molecule has 0 radical (unpaired) electrons. The van der Waals surface area contributed by atoms with Crippen molar-refractivity contribution < 1.29 is 14.8 Å². The molecule has 0 aliphatic carbocycles. The molecule has 0 saturated carbocycles. The van der Waals surface area contributed by atoms with Crippen LogP contribution in [0.3, 0.4) is 0 Å². The predicted octanol–water partition coefficient (Wildman–Crippen LogP) is 3.18. The van der Waals surface area contributed by atoms with E-state index < -0.39 is 19.0 Å². The van der Waals surface area contributed by atoms with Gasteiger partial charge in [-0.25, -0.2) is 4.79 Å². The normalized spacial score (nSPS) is 11.7. The number of hydrogen-bond acceptors (Lipinski definition) is 3. The standard InChI is InChI=1S/C12H15NO4Si/c1-18(2,3)5-4-9-6-10(12(14)15)8-11(7-9)13(16)17/h4-8H,1-3H3,(H,14,15). The number of hydrogen-bond donors (Lipinski definition) is 1. The number of non-ortho nitro benzene ring substituents is 1. The molecule has 1 rings (SSSR count). The highest BCUT2D eigenvalue weighted by atomic mass is 28.3. The van der Waals surface area contributed by atoms with Gasteiger partial charge in [-0.15, -0.1) is 0 Å². The molecular weight excluding hydrogens is 250 g/mol. The van der Waals surface area contributed by atoms with Gasteiger partial charge in [0, 0.05) is 12.1 Å². The SMILES string of the molecule is C[Si](C)(C)C=Cc1cc(C(=O)O)cc([N+](=O)[O-])c1. The van der Waals surface area contributed by atoms with Crippen molar-refractivity contribution in [1.29, 1.82) is 0 Å². The topological polar surface area (TPSA) is 80.4 Å². The van der Waals surface area contributed by atoms with Gasteiger partial charge in [0.1, 0.15) is 0 Å². The maximum absolute atomic E-state index is 10.9. The number of carboxylic acids is 1. The van der Waals surface area contributed by atoms with E-state index in [-0.39, 0.29) is 11.3 Å². The lowest BCUT2D eigenvalue weighted by atomic mass is 10.1. The van der Waals surface area contributed by atoms with Crippen molar-refractivity contribution in [3.05, 3.63) is 45.1 Å². The average Bonchev–Trinajstić information content (AvgIpc) is 2.25. The first-order chi connectivity index (χ1) is 8.19. The zero-order chi connectivity index (χ0) is 13.9. The Balaban J connectivity index is 3.24. The van der Waals surface area contributed by atoms with Gasteiger partial charge in [0.2, 0.25) is 0 Å². The summed E-state index contributed by atoms with van der Waals surface area (Å²) in [7, 11) is -1.43. The van der Waals surface area contributed by atoms with Crippen LogP contribution in [-0.2, 0) is 0 Å². The van der Waals surface area contributed by atoms with Crippen molar-refractivity contribution in [2.24, 2.45) is 0 Å². The molecule has 0 heterocycles. The summed E-state index contributed by atoms with van der Waals surface area (Å²) >= 11 is 0. The van der Waals surface area contributed by atoms with Crippen LogP contribution in [0.25, 0.3) is 6.08 Å². The van der Waals surface area contributed by atoms with E-state index in [1.807, 2.05) is 5.70 Å². The van der Waals surface area contributed by atoms with Gasteiger partial charge >= 0.3 is 5.97 Å². The predicted molar refractivity (Wildman–Crippen MR) is 72.4 cm³/mol. The van der Waals surface area contributed by atoms with E-state index in [1.54, 1.807) is 6.08 Å². The molecule has 0 atom stereocenters. The van der Waals surface area contributed by atoms with Gasteiger partial charge in [-0.05, 0) is 11.6 Å². The molecule has 0 bridgehead atoms. The van der Waals surface area contributed by atoms with Crippen LogP contribution in [-0.4, -0.2) is 24.1 Å². The third kappa shape index (κ3) is 4.14. The fourth-order valence-electron chi connectivity index (χ4n) is 1.31. The van der Waals surface area contributed by atoms with Crippen LogP contribution < -0.4 is 0 Å². The van der Waals surface area contributed by atoms with Crippen molar-refractivity contribution in [3.63, 3.8) is 0 Å². The molecule has 96 valence electrons. The largest absolute Gasteiger partial charge is 0.478 e. The van der Waals surface area contributed by atoms with Crippen molar-refractivity contribution >= 4 is 25.8 Å². The third-order valence-corrected chi connectivity index (χ3v) is 3.34. The molecule has 0 aliphatic rings. The first-order valence-electron chi connectivity index (χ1n) is 5.41.